The van der Waals surface area contributed by atoms with Crippen LogP contribution in [0.1, 0.15) is 66.4 Å². The van der Waals surface area contributed by atoms with Crippen molar-refractivity contribution in [1.82, 2.24) is 52.0 Å². The van der Waals surface area contributed by atoms with E-state index in [0.717, 1.165) is 17.1 Å². The summed E-state index contributed by atoms with van der Waals surface area (Å²) in [5, 5.41) is 50.2. The van der Waals surface area contributed by atoms with Crippen LogP contribution in [0.5, 0.6) is 5.75 Å². The molecule has 6 rings (SSSR count). The van der Waals surface area contributed by atoms with E-state index in [9.17, 15) is 63.3 Å². The number of nitrogens with zero attached hydrogens (tertiary/aromatic N) is 2. The second-order valence-electron chi connectivity index (χ2n) is 18.6. The molecule has 1 aromatic carbocycles. The second-order valence-corrected chi connectivity index (χ2v) is 19.5. The fourth-order valence-electron chi connectivity index (χ4n) is 8.79. The number of rotatable bonds is 21. The summed E-state index contributed by atoms with van der Waals surface area (Å²) in [7, 11) is 0. The molecule has 26 heteroatoms. The highest BCUT2D eigenvalue weighted by Crippen LogP contribution is 2.33. The quantitative estimate of drug-likeness (QED) is 0.0427. The standard InChI is InChI=1S/C47H67N11O14S/c1-8-21(2)39(43(69)50-17-35(63)51-24(5)41(67)53-32(16-34(48)62)47(71)57-19-26(60)13-22(57)3)55-36(64)18-49-42(68)31-15-29-28-10-9-27(14-30(28)54-46(29)73-7)72-45(25(6)58-37(65)11-12-38(58)66)56-40(44(70)52-31)23(4)33(61)20-59/h9-12,14,21-26,31-33,39-40,45,54,56,59-61H,8,13,15-20H2,1-7H3,(H2,48,62)(H,49,68)(H,50,69)(H,51,63)(H,52,70)(H,53,67)(H,55,64)/t21-,22+,23-,24-,25?,26+,31-,32-,33-,39-,40-,45?/m0/s1. The van der Waals surface area contributed by atoms with Gasteiger partial charge in [-0.25, -0.2) is 0 Å². The number of nitrogens with one attached hydrogen (secondary N) is 8. The van der Waals surface area contributed by atoms with Crippen molar-refractivity contribution in [2.75, 3.05) is 32.5 Å². The molecule has 2 aromatic rings. The summed E-state index contributed by atoms with van der Waals surface area (Å²) in [4.78, 5) is 138. The van der Waals surface area contributed by atoms with E-state index in [0.29, 0.717) is 34.3 Å². The number of β-amino-alcohol motifs (C(OH)–C–C–N with tert-alkyl or cyclic N) is 1. The maximum atomic E-state index is 14.4. The average Bonchev–Trinajstić information content (AvgIpc) is 4.01. The first-order valence-corrected chi connectivity index (χ1v) is 25.2. The van der Waals surface area contributed by atoms with Crippen LogP contribution in [0, 0.1) is 11.8 Å². The maximum Gasteiger partial charge on any atom is 0.254 e. The van der Waals surface area contributed by atoms with Crippen LogP contribution in [0.4, 0.5) is 0 Å². The number of H-pyrrole nitrogens is 1. The Hall–Kier alpha value is -6.61. The predicted octanol–water partition coefficient (Wildman–Crippen LogP) is -3.49. The number of aliphatic hydroxyl groups excluding tert-OH is 3. The van der Waals surface area contributed by atoms with E-state index in [1.54, 1.807) is 45.2 Å². The van der Waals surface area contributed by atoms with Gasteiger partial charge in [0.25, 0.3) is 11.8 Å². The number of aromatic amines is 1. The highest BCUT2D eigenvalue weighted by molar-refractivity contribution is 7.98. The number of hydrogen-bond acceptors (Lipinski definition) is 16. The zero-order chi connectivity index (χ0) is 54.0. The third kappa shape index (κ3) is 14.3. The molecule has 0 saturated carbocycles. The van der Waals surface area contributed by atoms with Gasteiger partial charge in [-0.2, -0.15) is 0 Å². The third-order valence-corrected chi connectivity index (χ3v) is 14.0. The summed E-state index contributed by atoms with van der Waals surface area (Å²) >= 11 is 1.33. The number of nitrogens with two attached hydrogens (primary N) is 1. The molecule has 5 heterocycles. The highest BCUT2D eigenvalue weighted by Gasteiger charge is 2.41. The minimum absolute atomic E-state index is 0.00233. The third-order valence-electron chi connectivity index (χ3n) is 13.3. The molecular formula is C47H67N11O14S. The number of ether oxygens (including phenoxy) is 1. The van der Waals surface area contributed by atoms with Gasteiger partial charge in [0.05, 0.1) is 61.0 Å². The van der Waals surface area contributed by atoms with Crippen molar-refractivity contribution in [2.45, 2.75) is 133 Å². The molecule has 1 fully saturated rings. The van der Waals surface area contributed by atoms with E-state index in [4.69, 9.17) is 10.5 Å². The number of fused-ring (bicyclic) bond motifs is 8. The largest absolute Gasteiger partial charge is 0.473 e. The zero-order valence-corrected chi connectivity index (χ0v) is 42.5. The fraction of sp³-hybridized carbons (Fsp3) is 0.574. The fourth-order valence-corrected chi connectivity index (χ4v) is 9.45. The number of carbonyl (C=O) groups is 10. The van der Waals surface area contributed by atoms with E-state index in [1.165, 1.54) is 37.4 Å². The smallest absolute Gasteiger partial charge is 0.254 e. The van der Waals surface area contributed by atoms with E-state index in [2.05, 4.69) is 42.2 Å². The number of aromatic nitrogens is 1. The lowest BCUT2D eigenvalue weighted by Gasteiger charge is -2.36. The van der Waals surface area contributed by atoms with Crippen molar-refractivity contribution in [3.05, 3.63) is 35.9 Å². The van der Waals surface area contributed by atoms with Gasteiger partial charge >= 0.3 is 0 Å². The molecule has 10 amide bonds. The topological polar surface area (TPSA) is 373 Å². The maximum absolute atomic E-state index is 14.4. The van der Waals surface area contributed by atoms with Gasteiger partial charge in [0.15, 0.2) is 6.23 Å². The lowest BCUT2D eigenvalue weighted by Crippen LogP contribution is -2.63. The van der Waals surface area contributed by atoms with E-state index in [-0.39, 0.29) is 24.8 Å². The molecule has 4 aliphatic heterocycles. The number of hydrogen-bond donors (Lipinski definition) is 12. The number of imide groups is 1. The van der Waals surface area contributed by atoms with Crippen LogP contribution in [-0.2, 0) is 54.4 Å². The molecule has 73 heavy (non-hydrogen) atoms. The first-order valence-electron chi connectivity index (χ1n) is 23.9. The molecule has 1 aromatic heterocycles. The molecule has 0 aliphatic carbocycles. The number of amides is 10. The normalized spacial score (nSPS) is 22.9. The molecule has 25 nitrogen and oxygen atoms in total. The second kappa shape index (κ2) is 25.4. The van der Waals surface area contributed by atoms with Crippen molar-refractivity contribution in [3.8, 4) is 5.75 Å². The Labute approximate surface area is 425 Å². The number of benzene rings is 1. The highest BCUT2D eigenvalue weighted by atomic mass is 32.2. The molecule has 1 saturated heterocycles. The lowest BCUT2D eigenvalue weighted by molar-refractivity contribution is -0.142. The van der Waals surface area contributed by atoms with Crippen molar-refractivity contribution in [1.29, 1.82) is 0 Å². The van der Waals surface area contributed by atoms with Crippen LogP contribution in [0.15, 0.2) is 35.4 Å². The summed E-state index contributed by atoms with van der Waals surface area (Å²) in [6.45, 7) is 7.39. The molecule has 0 radical (unpaired) electrons. The molecule has 400 valence electrons. The Balaban J connectivity index is 1.27. The zero-order valence-electron chi connectivity index (χ0n) is 41.7. The lowest BCUT2D eigenvalue weighted by atomic mass is 9.94. The van der Waals surface area contributed by atoms with Gasteiger partial charge in [-0.1, -0.05) is 27.2 Å². The summed E-state index contributed by atoms with van der Waals surface area (Å²) in [6, 6.07) is -2.99. The Morgan fingerprint density at radius 3 is 2.21 bits per heavy atom. The van der Waals surface area contributed by atoms with Crippen LogP contribution in [0.2, 0.25) is 0 Å². The van der Waals surface area contributed by atoms with Crippen LogP contribution in [0.3, 0.4) is 0 Å². The van der Waals surface area contributed by atoms with Crippen LogP contribution < -0.4 is 47.7 Å². The monoisotopic (exact) mass is 1040 g/mol. The summed E-state index contributed by atoms with van der Waals surface area (Å²) in [5.41, 5.74) is 6.55. The van der Waals surface area contributed by atoms with Crippen molar-refractivity contribution >= 4 is 81.7 Å². The number of thioether (sulfide) groups is 1. The number of likely N-dealkylation sites (tertiary alicyclic amines) is 1. The minimum atomic E-state index is -1.47. The molecule has 13 N–H and O–H groups in total. The Bertz CT molecular complexity index is 2450. The van der Waals surface area contributed by atoms with Crippen LogP contribution in [-0.4, -0.2) is 182 Å². The van der Waals surface area contributed by atoms with Gasteiger partial charge in [0.1, 0.15) is 29.9 Å². The van der Waals surface area contributed by atoms with Crippen molar-refractivity contribution in [2.24, 2.45) is 17.6 Å². The molecule has 12 atom stereocenters. The molecular weight excluding hydrogens is 975 g/mol. The van der Waals surface area contributed by atoms with Gasteiger partial charge < -0.3 is 67.6 Å². The summed E-state index contributed by atoms with van der Waals surface area (Å²) < 4.78 is 6.34. The predicted molar refractivity (Wildman–Crippen MR) is 262 cm³/mol. The van der Waals surface area contributed by atoms with E-state index in [1.807, 2.05) is 0 Å². The number of aliphatic hydroxyl groups is 3. The van der Waals surface area contributed by atoms with Crippen LogP contribution in [0.25, 0.3) is 10.9 Å². The summed E-state index contributed by atoms with van der Waals surface area (Å²) in [6.07, 6.45) is 0.512. The van der Waals surface area contributed by atoms with E-state index >= 15 is 0 Å². The van der Waals surface area contributed by atoms with E-state index < -0.39 is 152 Å². The SMILES string of the molecule is CC[C@H](C)[C@H](NC(=O)CNC(=O)[C@@H]1Cc2c(SC)[nH]c3cc(ccc23)OC(C(C)N2C(=O)C=CC2=O)N[C@@H]([C@@H](C)[C@@H](O)CO)C(=O)N1)C(=O)NCC(=O)N[C@@H](C)C(=O)N[C@@H](CC(N)=O)C(=O)N1C[C@H](O)C[C@H]1C. The average molecular weight is 1040 g/mol. The Kier molecular flexibility index (Phi) is 19.9. The van der Waals surface area contributed by atoms with Gasteiger partial charge in [0.2, 0.25) is 47.3 Å². The van der Waals surface area contributed by atoms with Crippen molar-refractivity contribution in [3.63, 3.8) is 0 Å². The Morgan fingerprint density at radius 2 is 1.60 bits per heavy atom. The number of primary amides is 1. The summed E-state index contributed by atoms with van der Waals surface area (Å²) in [5.74, 6) is -8.91. The first-order chi connectivity index (χ1) is 34.5. The molecule has 2 unspecified atom stereocenters. The Morgan fingerprint density at radius 1 is 0.945 bits per heavy atom. The van der Waals surface area contributed by atoms with Crippen LogP contribution >= 0.6 is 11.8 Å². The van der Waals surface area contributed by atoms with Gasteiger partial charge in [0, 0.05) is 48.5 Å². The molecule has 0 spiro atoms. The number of carbonyl (C=O) groups excluding carboxylic acids is 10. The van der Waals surface area contributed by atoms with Gasteiger partial charge in [-0.15, -0.1) is 11.8 Å². The minimum Gasteiger partial charge on any atom is -0.473 e. The van der Waals surface area contributed by atoms with Gasteiger partial charge in [-0.05, 0) is 57.1 Å². The molecule has 4 aliphatic rings. The first kappa shape index (κ1) is 57.3. The van der Waals surface area contributed by atoms with Gasteiger partial charge in [-0.3, -0.25) is 58.2 Å². The van der Waals surface area contributed by atoms with Crippen molar-refractivity contribution < 1.29 is 68.0 Å². The molecule has 4 bridgehead atoms.